The number of allylic oxidation sites excluding steroid dienone is 1. The van der Waals surface area contributed by atoms with E-state index < -0.39 is 0 Å². The molecule has 2 amide bonds. The van der Waals surface area contributed by atoms with E-state index in [1.54, 1.807) is 17.1 Å². The third-order valence-electron chi connectivity index (χ3n) is 8.90. The van der Waals surface area contributed by atoms with Crippen LogP contribution in [0.2, 0.25) is 0 Å². The molecule has 0 saturated carbocycles. The summed E-state index contributed by atoms with van der Waals surface area (Å²) in [5.41, 5.74) is 6.18. The molecule has 0 unspecified atom stereocenters. The predicted octanol–water partition coefficient (Wildman–Crippen LogP) is 7.49. The summed E-state index contributed by atoms with van der Waals surface area (Å²) in [4.78, 5) is 30.9. The Morgan fingerprint density at radius 1 is 0.979 bits per heavy atom. The lowest BCUT2D eigenvalue weighted by Gasteiger charge is -2.31. The number of hydrogen-bond acceptors (Lipinski definition) is 6. The Morgan fingerprint density at radius 2 is 1.73 bits per heavy atom. The number of amides is 2. The van der Waals surface area contributed by atoms with Crippen molar-refractivity contribution in [2.24, 2.45) is 0 Å². The minimum atomic E-state index is -0.168. The van der Waals surface area contributed by atoms with Crippen molar-refractivity contribution in [1.29, 1.82) is 0 Å². The second-order valence-electron chi connectivity index (χ2n) is 12.4. The van der Waals surface area contributed by atoms with Crippen molar-refractivity contribution in [2.75, 3.05) is 56.8 Å². The van der Waals surface area contributed by atoms with Gasteiger partial charge >= 0.3 is 0 Å². The Hall–Kier alpha value is -4.24. The normalized spacial score (nSPS) is 15.2. The van der Waals surface area contributed by atoms with Gasteiger partial charge in [0, 0.05) is 50.2 Å². The zero-order valence-corrected chi connectivity index (χ0v) is 28.6. The number of anilines is 2. The topological polar surface area (TPSA) is 80.3 Å². The van der Waals surface area contributed by atoms with E-state index in [9.17, 15) is 9.59 Å². The SMILES string of the molecule is C/C=C/C(=O)N1CCC(C(=O)Nc2ccc(CN(C)C3CCOCC3)cc2)=Cc2cc(-c3ccc(OCCOCCCC)cc3)ccc21. The van der Waals surface area contributed by atoms with Crippen LogP contribution in [-0.4, -0.2) is 69.4 Å². The van der Waals surface area contributed by atoms with Crippen LogP contribution >= 0.6 is 0 Å². The summed E-state index contributed by atoms with van der Waals surface area (Å²) in [5, 5.41) is 3.09. The minimum Gasteiger partial charge on any atom is -0.491 e. The van der Waals surface area contributed by atoms with Crippen LogP contribution in [0.3, 0.4) is 0 Å². The van der Waals surface area contributed by atoms with E-state index in [1.807, 2.05) is 67.6 Å². The van der Waals surface area contributed by atoms with Crippen molar-refractivity contribution in [3.05, 3.63) is 95.6 Å². The first-order valence-electron chi connectivity index (χ1n) is 17.2. The van der Waals surface area contributed by atoms with Crippen LogP contribution in [0, 0.1) is 0 Å². The van der Waals surface area contributed by atoms with Crippen molar-refractivity contribution in [2.45, 2.75) is 58.5 Å². The maximum atomic E-state index is 13.6. The molecule has 8 heteroatoms. The number of carbonyl (C=O) groups is 2. The van der Waals surface area contributed by atoms with Crippen molar-refractivity contribution in [3.8, 4) is 16.9 Å². The number of ether oxygens (including phenoxy) is 3. The molecule has 48 heavy (non-hydrogen) atoms. The van der Waals surface area contributed by atoms with E-state index in [2.05, 4.69) is 36.3 Å². The maximum Gasteiger partial charge on any atom is 0.251 e. The Bertz CT molecular complexity index is 1560. The zero-order valence-electron chi connectivity index (χ0n) is 28.6. The van der Waals surface area contributed by atoms with Gasteiger partial charge in [-0.05, 0) is 110 Å². The van der Waals surface area contributed by atoms with Gasteiger partial charge in [0.05, 0.1) is 12.3 Å². The van der Waals surface area contributed by atoms with Gasteiger partial charge in [0.15, 0.2) is 0 Å². The summed E-state index contributed by atoms with van der Waals surface area (Å²) in [5.74, 6) is 0.510. The summed E-state index contributed by atoms with van der Waals surface area (Å²) < 4.78 is 16.9. The Kier molecular flexibility index (Phi) is 13.0. The molecular weight excluding hydrogens is 602 g/mol. The smallest absolute Gasteiger partial charge is 0.251 e. The first kappa shape index (κ1) is 35.1. The van der Waals surface area contributed by atoms with Gasteiger partial charge in [0.25, 0.3) is 11.8 Å². The van der Waals surface area contributed by atoms with Crippen LogP contribution < -0.4 is 15.0 Å². The highest BCUT2D eigenvalue weighted by Gasteiger charge is 2.24. The van der Waals surface area contributed by atoms with E-state index in [-0.39, 0.29) is 11.8 Å². The molecule has 2 aliphatic rings. The van der Waals surface area contributed by atoms with Gasteiger partial charge in [-0.2, -0.15) is 0 Å². The predicted molar refractivity (Wildman–Crippen MR) is 193 cm³/mol. The molecule has 1 N–H and O–H groups in total. The monoisotopic (exact) mass is 651 g/mol. The van der Waals surface area contributed by atoms with Gasteiger partial charge < -0.3 is 24.4 Å². The molecule has 0 atom stereocenters. The molecule has 2 aliphatic heterocycles. The number of nitrogens with one attached hydrogen (secondary N) is 1. The second kappa shape index (κ2) is 17.8. The van der Waals surface area contributed by atoms with Crippen LogP contribution in [0.15, 0.2) is 84.5 Å². The standard InChI is InChI=1S/C40H49N3O5/c1-4-6-22-46-25-26-48-37-15-10-31(11-16-37)32-12-17-38-34(27-32)28-33(18-21-43(38)39(44)7-5-2)40(45)41-35-13-8-30(9-14-35)29-42(3)36-19-23-47-24-20-36/h5,7-17,27-28,36H,4,6,18-26,29H2,1-3H3,(H,41,45)/b7-5+. The third kappa shape index (κ3) is 9.66. The fourth-order valence-electron chi connectivity index (χ4n) is 6.11. The van der Waals surface area contributed by atoms with Crippen LogP contribution in [0.5, 0.6) is 5.75 Å². The first-order chi connectivity index (χ1) is 23.4. The van der Waals surface area contributed by atoms with Crippen LogP contribution in [0.1, 0.15) is 57.1 Å². The fraction of sp³-hybridized carbons (Fsp3) is 0.400. The maximum absolute atomic E-state index is 13.6. The summed E-state index contributed by atoms with van der Waals surface area (Å²) in [7, 11) is 2.16. The van der Waals surface area contributed by atoms with Gasteiger partial charge in [0.1, 0.15) is 12.4 Å². The van der Waals surface area contributed by atoms with E-state index in [1.165, 1.54) is 5.56 Å². The fourth-order valence-corrected chi connectivity index (χ4v) is 6.11. The van der Waals surface area contributed by atoms with Gasteiger partial charge in [-0.3, -0.25) is 14.5 Å². The van der Waals surface area contributed by atoms with Crippen molar-refractivity contribution in [1.82, 2.24) is 4.90 Å². The summed E-state index contributed by atoms with van der Waals surface area (Å²) in [6, 6.07) is 22.6. The average Bonchev–Trinajstić information content (AvgIpc) is 3.31. The van der Waals surface area contributed by atoms with Crippen molar-refractivity contribution in [3.63, 3.8) is 0 Å². The van der Waals surface area contributed by atoms with Gasteiger partial charge in [0.2, 0.25) is 0 Å². The minimum absolute atomic E-state index is 0.108. The lowest BCUT2D eigenvalue weighted by Crippen LogP contribution is -2.36. The number of nitrogens with zero attached hydrogens (tertiary/aromatic N) is 2. The highest BCUT2D eigenvalue weighted by Crippen LogP contribution is 2.33. The van der Waals surface area contributed by atoms with Crippen LogP contribution in [-0.2, 0) is 25.6 Å². The van der Waals surface area contributed by atoms with Gasteiger partial charge in [-0.15, -0.1) is 0 Å². The molecule has 1 saturated heterocycles. The number of carbonyl (C=O) groups excluding carboxylic acids is 2. The molecule has 1 fully saturated rings. The van der Waals surface area contributed by atoms with Crippen molar-refractivity contribution < 1.29 is 23.8 Å². The zero-order chi connectivity index (χ0) is 33.7. The molecule has 3 aromatic carbocycles. The number of unbranched alkanes of at least 4 members (excludes halogenated alkanes) is 1. The highest BCUT2D eigenvalue weighted by atomic mass is 16.5. The summed E-state index contributed by atoms with van der Waals surface area (Å²) in [6.07, 6.45) is 9.94. The number of rotatable bonds is 14. The number of benzene rings is 3. The highest BCUT2D eigenvalue weighted by molar-refractivity contribution is 6.09. The molecule has 2 heterocycles. The molecule has 0 aliphatic carbocycles. The molecular formula is C40H49N3O5. The Morgan fingerprint density at radius 3 is 2.46 bits per heavy atom. The van der Waals surface area contributed by atoms with E-state index in [0.29, 0.717) is 37.8 Å². The van der Waals surface area contributed by atoms with Crippen LogP contribution in [0.25, 0.3) is 17.2 Å². The average molecular weight is 652 g/mol. The molecule has 5 rings (SSSR count). The molecule has 3 aromatic rings. The Labute approximate surface area is 285 Å². The van der Waals surface area contributed by atoms with Crippen molar-refractivity contribution >= 4 is 29.3 Å². The molecule has 0 bridgehead atoms. The van der Waals surface area contributed by atoms with Crippen LogP contribution in [0.4, 0.5) is 11.4 Å². The van der Waals surface area contributed by atoms with E-state index >= 15 is 0 Å². The second-order valence-corrected chi connectivity index (χ2v) is 12.4. The lowest BCUT2D eigenvalue weighted by molar-refractivity contribution is -0.115. The molecule has 0 spiro atoms. The number of hydrogen-bond donors (Lipinski definition) is 1. The summed E-state index contributed by atoms with van der Waals surface area (Å²) in [6.45, 7) is 8.70. The quantitative estimate of drug-likeness (QED) is 0.144. The molecule has 254 valence electrons. The molecule has 8 nitrogen and oxygen atoms in total. The third-order valence-corrected chi connectivity index (χ3v) is 8.90. The molecule has 0 aromatic heterocycles. The van der Waals surface area contributed by atoms with E-state index in [4.69, 9.17) is 14.2 Å². The lowest BCUT2D eigenvalue weighted by atomic mass is 10.00. The first-order valence-corrected chi connectivity index (χ1v) is 17.2. The van der Waals surface area contributed by atoms with Gasteiger partial charge in [-0.25, -0.2) is 0 Å². The number of fused-ring (bicyclic) bond motifs is 1. The Balaban J connectivity index is 1.29. The molecule has 0 radical (unpaired) electrons. The van der Waals surface area contributed by atoms with Gasteiger partial charge in [-0.1, -0.05) is 49.8 Å². The largest absolute Gasteiger partial charge is 0.491 e. The van der Waals surface area contributed by atoms with E-state index in [0.717, 1.165) is 85.9 Å². The summed E-state index contributed by atoms with van der Waals surface area (Å²) >= 11 is 0.